The van der Waals surface area contributed by atoms with Crippen molar-refractivity contribution in [3.63, 3.8) is 0 Å². The standard InChI is InChI=1S/C6H14ClNOS/c1-6(5-7)8-3-4-10(2)9/h6,8H,3-5H2,1-2H3. The molecule has 0 saturated carbocycles. The van der Waals surface area contributed by atoms with Crippen molar-refractivity contribution in [2.45, 2.75) is 13.0 Å². The van der Waals surface area contributed by atoms with E-state index in [1.54, 1.807) is 6.26 Å². The Morgan fingerprint density at radius 3 is 2.70 bits per heavy atom. The third-order valence-electron chi connectivity index (χ3n) is 1.11. The second-order valence-electron chi connectivity index (χ2n) is 2.29. The first-order valence-corrected chi connectivity index (χ1v) is 5.52. The van der Waals surface area contributed by atoms with Gasteiger partial charge in [-0.15, -0.1) is 11.6 Å². The summed E-state index contributed by atoms with van der Waals surface area (Å²) in [7, 11) is -0.690. The van der Waals surface area contributed by atoms with Crippen molar-refractivity contribution in [3.8, 4) is 0 Å². The number of hydrogen-bond acceptors (Lipinski definition) is 2. The number of hydrogen-bond donors (Lipinski definition) is 1. The van der Waals surface area contributed by atoms with Gasteiger partial charge in [-0.1, -0.05) is 0 Å². The zero-order valence-electron chi connectivity index (χ0n) is 6.39. The molecule has 0 amide bonds. The molecule has 1 N–H and O–H groups in total. The van der Waals surface area contributed by atoms with E-state index in [9.17, 15) is 4.21 Å². The van der Waals surface area contributed by atoms with Gasteiger partial charge in [0.2, 0.25) is 0 Å². The lowest BCUT2D eigenvalue weighted by atomic mass is 10.4. The van der Waals surface area contributed by atoms with Crippen LogP contribution in [-0.2, 0) is 10.8 Å². The minimum absolute atomic E-state index is 0.324. The largest absolute Gasteiger partial charge is 0.312 e. The number of halogens is 1. The van der Waals surface area contributed by atoms with Gasteiger partial charge in [0.05, 0.1) is 0 Å². The van der Waals surface area contributed by atoms with Crippen LogP contribution in [0.15, 0.2) is 0 Å². The van der Waals surface area contributed by atoms with Crippen LogP contribution in [-0.4, -0.2) is 34.7 Å². The summed E-state index contributed by atoms with van der Waals surface area (Å²) in [6.45, 7) is 2.79. The molecule has 10 heavy (non-hydrogen) atoms. The Balaban J connectivity index is 3.11. The molecule has 4 heteroatoms. The quantitative estimate of drug-likeness (QED) is 0.632. The Bertz CT molecular complexity index is 110. The summed E-state index contributed by atoms with van der Waals surface area (Å²) in [6.07, 6.45) is 1.70. The van der Waals surface area contributed by atoms with E-state index in [0.29, 0.717) is 17.7 Å². The molecular weight excluding hydrogens is 170 g/mol. The number of alkyl halides is 1. The van der Waals surface area contributed by atoms with Gasteiger partial charge in [-0.3, -0.25) is 4.21 Å². The molecule has 0 fully saturated rings. The zero-order chi connectivity index (χ0) is 7.98. The van der Waals surface area contributed by atoms with Crippen LogP contribution in [0.3, 0.4) is 0 Å². The highest BCUT2D eigenvalue weighted by Crippen LogP contribution is 1.84. The third-order valence-corrected chi connectivity index (χ3v) is 2.36. The van der Waals surface area contributed by atoms with Crippen LogP contribution in [0.25, 0.3) is 0 Å². The second-order valence-corrected chi connectivity index (χ2v) is 4.15. The molecule has 0 aromatic rings. The summed E-state index contributed by atoms with van der Waals surface area (Å²) in [5, 5.41) is 3.14. The molecule has 0 saturated heterocycles. The molecule has 2 unspecified atom stereocenters. The normalized spacial score (nSPS) is 16.7. The zero-order valence-corrected chi connectivity index (χ0v) is 7.97. The van der Waals surface area contributed by atoms with E-state index in [-0.39, 0.29) is 0 Å². The van der Waals surface area contributed by atoms with Crippen LogP contribution in [0.4, 0.5) is 0 Å². The molecule has 2 atom stereocenters. The van der Waals surface area contributed by atoms with Crippen molar-refractivity contribution < 1.29 is 4.21 Å². The Kier molecular flexibility index (Phi) is 6.38. The first kappa shape index (κ1) is 10.4. The van der Waals surface area contributed by atoms with E-state index in [2.05, 4.69) is 5.32 Å². The minimum atomic E-state index is -0.690. The Labute approximate surface area is 69.8 Å². The van der Waals surface area contributed by atoms with Crippen molar-refractivity contribution in [2.75, 3.05) is 24.4 Å². The molecule has 0 aliphatic heterocycles. The van der Waals surface area contributed by atoms with E-state index < -0.39 is 10.8 Å². The molecular formula is C6H14ClNOS. The monoisotopic (exact) mass is 183 g/mol. The Morgan fingerprint density at radius 1 is 1.70 bits per heavy atom. The van der Waals surface area contributed by atoms with Crippen molar-refractivity contribution in [1.82, 2.24) is 5.32 Å². The van der Waals surface area contributed by atoms with E-state index in [0.717, 1.165) is 6.54 Å². The first-order chi connectivity index (χ1) is 4.66. The van der Waals surface area contributed by atoms with Crippen molar-refractivity contribution in [3.05, 3.63) is 0 Å². The molecule has 0 radical (unpaired) electrons. The van der Waals surface area contributed by atoms with Gasteiger partial charge in [-0.05, 0) is 6.92 Å². The molecule has 62 valence electrons. The maximum absolute atomic E-state index is 10.6. The van der Waals surface area contributed by atoms with Crippen LogP contribution in [0.1, 0.15) is 6.92 Å². The van der Waals surface area contributed by atoms with Crippen molar-refractivity contribution >= 4 is 22.4 Å². The molecule has 2 nitrogen and oxygen atoms in total. The lowest BCUT2D eigenvalue weighted by Gasteiger charge is -2.08. The molecule has 0 spiro atoms. The van der Waals surface area contributed by atoms with Crippen LogP contribution in [0.2, 0.25) is 0 Å². The van der Waals surface area contributed by atoms with Gasteiger partial charge in [0.1, 0.15) is 0 Å². The smallest absolute Gasteiger partial charge is 0.0374 e. The average molecular weight is 184 g/mol. The molecule has 0 aromatic carbocycles. The van der Waals surface area contributed by atoms with E-state index in [4.69, 9.17) is 11.6 Å². The van der Waals surface area contributed by atoms with Crippen molar-refractivity contribution in [1.29, 1.82) is 0 Å². The van der Waals surface area contributed by atoms with Crippen LogP contribution >= 0.6 is 11.6 Å². The Hall–Kier alpha value is 0.400. The van der Waals surface area contributed by atoms with Gasteiger partial charge in [0, 0.05) is 41.3 Å². The predicted molar refractivity (Wildman–Crippen MR) is 47.1 cm³/mol. The first-order valence-electron chi connectivity index (χ1n) is 3.26. The SMILES string of the molecule is CC(CCl)NCCS(C)=O. The maximum Gasteiger partial charge on any atom is 0.0374 e. The van der Waals surface area contributed by atoms with E-state index in [1.165, 1.54) is 0 Å². The van der Waals surface area contributed by atoms with Gasteiger partial charge in [-0.25, -0.2) is 0 Å². The fourth-order valence-electron chi connectivity index (χ4n) is 0.504. The highest BCUT2D eigenvalue weighted by atomic mass is 35.5. The summed E-state index contributed by atoms with van der Waals surface area (Å²) in [4.78, 5) is 0. The summed E-state index contributed by atoms with van der Waals surface area (Å²) < 4.78 is 10.6. The van der Waals surface area contributed by atoms with E-state index >= 15 is 0 Å². The highest BCUT2D eigenvalue weighted by Gasteiger charge is 1.97. The van der Waals surface area contributed by atoms with Gasteiger partial charge >= 0.3 is 0 Å². The summed E-state index contributed by atoms with van der Waals surface area (Å²) in [6, 6.07) is 0.324. The maximum atomic E-state index is 10.6. The molecule has 0 heterocycles. The molecule has 0 aliphatic carbocycles. The molecule has 0 aliphatic rings. The fourth-order valence-corrected chi connectivity index (χ4v) is 1.02. The molecule has 0 bridgehead atoms. The van der Waals surface area contributed by atoms with Crippen LogP contribution in [0, 0.1) is 0 Å². The summed E-state index contributed by atoms with van der Waals surface area (Å²) in [5.41, 5.74) is 0. The van der Waals surface area contributed by atoms with Gasteiger partial charge in [-0.2, -0.15) is 0 Å². The van der Waals surface area contributed by atoms with Gasteiger partial charge < -0.3 is 5.32 Å². The highest BCUT2D eigenvalue weighted by molar-refractivity contribution is 7.84. The molecule has 0 aromatic heterocycles. The minimum Gasteiger partial charge on any atom is -0.312 e. The second kappa shape index (κ2) is 6.13. The lowest BCUT2D eigenvalue weighted by Crippen LogP contribution is -2.30. The third kappa shape index (κ3) is 6.52. The predicted octanol–water partition coefficient (Wildman–Crippen LogP) is 0.582. The van der Waals surface area contributed by atoms with Crippen LogP contribution < -0.4 is 5.32 Å². The summed E-state index contributed by atoms with van der Waals surface area (Å²) in [5.74, 6) is 1.32. The number of nitrogens with one attached hydrogen (secondary N) is 1. The van der Waals surface area contributed by atoms with Crippen molar-refractivity contribution in [2.24, 2.45) is 0 Å². The topological polar surface area (TPSA) is 29.1 Å². The van der Waals surface area contributed by atoms with Crippen LogP contribution in [0.5, 0.6) is 0 Å². The fraction of sp³-hybridized carbons (Fsp3) is 1.00. The van der Waals surface area contributed by atoms with Gasteiger partial charge in [0.15, 0.2) is 0 Å². The van der Waals surface area contributed by atoms with E-state index in [1.807, 2.05) is 6.92 Å². The summed E-state index contributed by atoms with van der Waals surface area (Å²) >= 11 is 5.53. The lowest BCUT2D eigenvalue weighted by molar-refractivity contribution is 0.615. The average Bonchev–Trinajstić information content (AvgIpc) is 1.87. The Morgan fingerprint density at radius 2 is 2.30 bits per heavy atom. The molecule has 0 rings (SSSR count). The van der Waals surface area contributed by atoms with Gasteiger partial charge in [0.25, 0.3) is 0 Å². The number of rotatable bonds is 5.